The van der Waals surface area contributed by atoms with Crippen LogP contribution < -0.4 is 10.1 Å². The number of nitrogens with one attached hydrogen (secondary N) is 1. The molecule has 7 heteroatoms. The number of benzene rings is 1. The second kappa shape index (κ2) is 9.10. The minimum absolute atomic E-state index is 0.0793. The smallest absolute Gasteiger partial charge is 0.407 e. The van der Waals surface area contributed by atoms with Crippen molar-refractivity contribution in [1.29, 1.82) is 0 Å². The van der Waals surface area contributed by atoms with Gasteiger partial charge in [0.2, 0.25) is 0 Å². The molecule has 1 aliphatic heterocycles. The van der Waals surface area contributed by atoms with Gasteiger partial charge in [0.05, 0.1) is 16.7 Å². The Morgan fingerprint density at radius 3 is 2.50 bits per heavy atom. The number of hydrogen-bond donors (Lipinski definition) is 1. The lowest BCUT2D eigenvalue weighted by molar-refractivity contribution is 0.0470. The minimum Gasteiger partial charge on any atom is -0.490 e. The number of ether oxygens (including phenoxy) is 2. The van der Waals surface area contributed by atoms with Crippen molar-refractivity contribution in [2.24, 2.45) is 5.92 Å². The second-order valence-corrected chi connectivity index (χ2v) is 9.68. The van der Waals surface area contributed by atoms with Gasteiger partial charge in [-0.1, -0.05) is 23.2 Å². The van der Waals surface area contributed by atoms with E-state index >= 15 is 0 Å². The van der Waals surface area contributed by atoms with Crippen LogP contribution in [0.1, 0.15) is 52.0 Å². The minimum atomic E-state index is -0.491. The maximum absolute atomic E-state index is 12.0. The molecule has 1 aromatic rings. The molecule has 0 spiro atoms. The van der Waals surface area contributed by atoms with Gasteiger partial charge in [-0.2, -0.15) is 0 Å². The van der Waals surface area contributed by atoms with E-state index in [1.807, 2.05) is 32.9 Å². The van der Waals surface area contributed by atoms with Gasteiger partial charge in [0.15, 0.2) is 5.75 Å². The molecule has 1 aliphatic carbocycles. The number of piperidine rings is 1. The van der Waals surface area contributed by atoms with Gasteiger partial charge in [0, 0.05) is 19.1 Å². The van der Waals surface area contributed by atoms with Crippen molar-refractivity contribution in [2.45, 2.75) is 64.6 Å². The first-order chi connectivity index (χ1) is 13.2. The number of alkyl carbamates (subject to hydrolysis) is 1. The zero-order chi connectivity index (χ0) is 20.3. The maximum Gasteiger partial charge on any atom is 0.407 e. The third-order valence-electron chi connectivity index (χ3n) is 4.85. The van der Waals surface area contributed by atoms with Gasteiger partial charge in [-0.25, -0.2) is 4.79 Å². The summed E-state index contributed by atoms with van der Waals surface area (Å²) in [5.74, 6) is 1.23. The van der Waals surface area contributed by atoms with Gasteiger partial charge in [-0.15, -0.1) is 0 Å². The van der Waals surface area contributed by atoms with E-state index in [-0.39, 0.29) is 12.1 Å². The van der Waals surface area contributed by atoms with Crippen LogP contribution in [-0.2, 0) is 11.3 Å². The molecule has 3 rings (SSSR count). The average molecular weight is 429 g/mol. The molecule has 1 atom stereocenters. The molecule has 2 aliphatic rings. The van der Waals surface area contributed by atoms with Gasteiger partial charge in [-0.3, -0.25) is 4.90 Å². The maximum atomic E-state index is 12.0. The number of halogens is 2. The largest absolute Gasteiger partial charge is 0.490 e. The van der Waals surface area contributed by atoms with Crippen LogP contribution in [0.4, 0.5) is 4.79 Å². The Bertz CT molecular complexity index is 678. The fourth-order valence-electron chi connectivity index (χ4n) is 3.38. The first-order valence-corrected chi connectivity index (χ1v) is 10.8. The predicted molar refractivity (Wildman–Crippen MR) is 112 cm³/mol. The second-order valence-electron chi connectivity index (χ2n) is 8.86. The third-order valence-corrected chi connectivity index (χ3v) is 5.41. The highest BCUT2D eigenvalue weighted by Crippen LogP contribution is 2.37. The zero-order valence-corrected chi connectivity index (χ0v) is 18.4. The van der Waals surface area contributed by atoms with Crippen molar-refractivity contribution in [1.82, 2.24) is 10.2 Å². The molecule has 0 radical (unpaired) electrons. The summed E-state index contributed by atoms with van der Waals surface area (Å²) < 4.78 is 11.2. The SMILES string of the molecule is CC(C)(C)OC(=O)N[C@@H]1CCCN(Cc2cc(Cl)c(OCC3CC3)c(Cl)c2)C1. The third kappa shape index (κ3) is 6.71. The number of carbonyl (C=O) groups excluding carboxylic acids is 1. The van der Waals surface area contributed by atoms with Crippen molar-refractivity contribution in [3.05, 3.63) is 27.7 Å². The molecule has 5 nitrogen and oxygen atoms in total. The van der Waals surface area contributed by atoms with Gasteiger partial charge in [-0.05, 0) is 76.6 Å². The standard InChI is InChI=1S/C21H30Cl2N2O3/c1-21(2,3)28-20(26)24-16-5-4-8-25(12-16)11-15-9-17(22)19(18(23)10-15)27-13-14-6-7-14/h9-10,14,16H,4-8,11-13H2,1-3H3,(H,24,26)/t16-/m1/s1. The summed E-state index contributed by atoms with van der Waals surface area (Å²) in [4.78, 5) is 14.3. The van der Waals surface area contributed by atoms with Crippen molar-refractivity contribution in [3.8, 4) is 5.75 Å². The molecule has 156 valence electrons. The van der Waals surface area contributed by atoms with Crippen molar-refractivity contribution in [2.75, 3.05) is 19.7 Å². The summed E-state index contributed by atoms with van der Waals surface area (Å²) in [7, 11) is 0. The highest BCUT2D eigenvalue weighted by molar-refractivity contribution is 6.37. The van der Waals surface area contributed by atoms with Gasteiger partial charge in [0.25, 0.3) is 0 Å². The van der Waals surface area contributed by atoms with E-state index in [0.717, 1.165) is 38.0 Å². The molecule has 1 amide bonds. The zero-order valence-electron chi connectivity index (χ0n) is 16.9. The van der Waals surface area contributed by atoms with E-state index < -0.39 is 5.60 Å². The van der Waals surface area contributed by atoms with Crippen LogP contribution in [0.2, 0.25) is 10.0 Å². The molecule has 1 N–H and O–H groups in total. The van der Waals surface area contributed by atoms with E-state index in [1.54, 1.807) is 0 Å². The number of amides is 1. The van der Waals surface area contributed by atoms with Gasteiger partial charge >= 0.3 is 6.09 Å². The summed E-state index contributed by atoms with van der Waals surface area (Å²) in [6.07, 6.45) is 4.06. The lowest BCUT2D eigenvalue weighted by Gasteiger charge is -2.33. The summed E-state index contributed by atoms with van der Waals surface area (Å²) in [6.45, 7) is 8.76. The Hall–Kier alpha value is -1.17. The molecule has 1 saturated carbocycles. The molecular formula is C21H30Cl2N2O3. The lowest BCUT2D eigenvalue weighted by atomic mass is 10.0. The van der Waals surface area contributed by atoms with Crippen molar-refractivity contribution >= 4 is 29.3 Å². The Morgan fingerprint density at radius 1 is 1.21 bits per heavy atom. The number of hydrogen-bond acceptors (Lipinski definition) is 4. The topological polar surface area (TPSA) is 50.8 Å². The van der Waals surface area contributed by atoms with Crippen LogP contribution in [0.5, 0.6) is 5.75 Å². The summed E-state index contributed by atoms with van der Waals surface area (Å²) in [5.41, 5.74) is 0.557. The van der Waals surface area contributed by atoms with Crippen LogP contribution in [0, 0.1) is 5.92 Å². The first-order valence-electron chi connectivity index (χ1n) is 10.0. The molecule has 1 aromatic carbocycles. The summed E-state index contributed by atoms with van der Waals surface area (Å²) in [6, 6.07) is 3.94. The first kappa shape index (κ1) is 21.5. The molecule has 0 bridgehead atoms. The lowest BCUT2D eigenvalue weighted by Crippen LogP contribution is -2.48. The van der Waals surface area contributed by atoms with E-state index in [4.69, 9.17) is 32.7 Å². The Morgan fingerprint density at radius 2 is 1.89 bits per heavy atom. The number of nitrogens with zero attached hydrogens (tertiary/aromatic N) is 1. The molecule has 0 unspecified atom stereocenters. The monoisotopic (exact) mass is 428 g/mol. The van der Waals surface area contributed by atoms with Gasteiger partial charge < -0.3 is 14.8 Å². The van der Waals surface area contributed by atoms with Crippen LogP contribution in [0.15, 0.2) is 12.1 Å². The molecule has 1 heterocycles. The molecule has 0 aromatic heterocycles. The highest BCUT2D eigenvalue weighted by Gasteiger charge is 2.25. The highest BCUT2D eigenvalue weighted by atomic mass is 35.5. The Balaban J connectivity index is 1.54. The van der Waals surface area contributed by atoms with Crippen LogP contribution >= 0.6 is 23.2 Å². The molecular weight excluding hydrogens is 399 g/mol. The van der Waals surface area contributed by atoms with Gasteiger partial charge in [0.1, 0.15) is 5.60 Å². The fraction of sp³-hybridized carbons (Fsp3) is 0.667. The van der Waals surface area contributed by atoms with E-state index in [1.165, 1.54) is 12.8 Å². The normalized spacial score (nSPS) is 20.7. The average Bonchev–Trinajstić information content (AvgIpc) is 3.36. The number of carbonyl (C=O) groups is 1. The van der Waals surface area contributed by atoms with E-state index in [9.17, 15) is 4.79 Å². The number of likely N-dealkylation sites (tertiary alicyclic amines) is 1. The fourth-order valence-corrected chi connectivity index (χ4v) is 4.02. The Kier molecular flexibility index (Phi) is 7.00. The van der Waals surface area contributed by atoms with E-state index in [0.29, 0.717) is 28.3 Å². The van der Waals surface area contributed by atoms with Crippen molar-refractivity contribution < 1.29 is 14.3 Å². The van der Waals surface area contributed by atoms with E-state index in [2.05, 4.69) is 10.2 Å². The summed E-state index contributed by atoms with van der Waals surface area (Å²) >= 11 is 12.8. The summed E-state index contributed by atoms with van der Waals surface area (Å²) in [5, 5.41) is 4.10. The van der Waals surface area contributed by atoms with Crippen LogP contribution in [0.3, 0.4) is 0 Å². The Labute approximate surface area is 177 Å². The molecule has 28 heavy (non-hydrogen) atoms. The van der Waals surface area contributed by atoms with Crippen LogP contribution in [0.25, 0.3) is 0 Å². The molecule has 2 fully saturated rings. The number of rotatable bonds is 6. The predicted octanol–water partition coefficient (Wildman–Crippen LogP) is 5.27. The quantitative estimate of drug-likeness (QED) is 0.669. The molecule has 1 saturated heterocycles. The van der Waals surface area contributed by atoms with Crippen LogP contribution in [-0.4, -0.2) is 42.3 Å². The van der Waals surface area contributed by atoms with Crippen molar-refractivity contribution in [3.63, 3.8) is 0 Å².